The molecule has 0 spiro atoms. The third kappa shape index (κ3) is 17.2. The molecule has 0 radical (unpaired) electrons. The molecule has 330 valence electrons. The number of rotatable bonds is 12. The summed E-state index contributed by atoms with van der Waals surface area (Å²) >= 11 is 0. The van der Waals surface area contributed by atoms with Gasteiger partial charge in [-0.05, 0) is 105 Å². The highest BCUT2D eigenvalue weighted by atomic mass is 32.2. The van der Waals surface area contributed by atoms with Gasteiger partial charge in [-0.3, -0.25) is 18.7 Å². The van der Waals surface area contributed by atoms with Crippen molar-refractivity contribution in [2.45, 2.75) is 127 Å². The minimum atomic E-state index is -4.85. The van der Waals surface area contributed by atoms with Crippen molar-refractivity contribution in [2.75, 3.05) is 49.3 Å². The lowest BCUT2D eigenvalue weighted by atomic mass is 9.79. The minimum Gasteiger partial charge on any atom is -0.480 e. The number of anilines is 1. The van der Waals surface area contributed by atoms with E-state index in [-0.39, 0.29) is 52.6 Å². The van der Waals surface area contributed by atoms with Crippen LogP contribution in [-0.4, -0.2) is 145 Å². The predicted octanol–water partition coefficient (Wildman–Crippen LogP) is 1.82. The largest absolute Gasteiger partial charge is 0.480 e. The molecule has 0 aliphatic carbocycles. The fourth-order valence-electron chi connectivity index (χ4n) is 7.95. The zero-order chi connectivity index (χ0) is 43.8. The van der Waals surface area contributed by atoms with Crippen LogP contribution < -0.4 is 20.3 Å². The zero-order valence-electron chi connectivity index (χ0n) is 34.2. The molecule has 0 saturated carbocycles. The number of hydrogen-bond donors (Lipinski definition) is 6. The maximum absolute atomic E-state index is 12.1. The van der Waals surface area contributed by atoms with E-state index >= 15 is 0 Å². The fourth-order valence-corrected chi connectivity index (χ4v) is 10.1. The van der Waals surface area contributed by atoms with E-state index in [1.807, 2.05) is 37.7 Å². The molecule has 1 amide bonds. The molecule has 3 saturated heterocycles. The molecule has 3 fully saturated rings. The molecular formula is C35H62N4O15S3. The van der Waals surface area contributed by atoms with Gasteiger partial charge in [0.05, 0.1) is 31.1 Å². The van der Waals surface area contributed by atoms with Crippen LogP contribution in [-0.2, 0) is 49.2 Å². The van der Waals surface area contributed by atoms with Gasteiger partial charge in [0, 0.05) is 47.0 Å². The monoisotopic (exact) mass is 874 g/mol. The highest BCUT2D eigenvalue weighted by molar-refractivity contribution is 7.91. The van der Waals surface area contributed by atoms with Crippen LogP contribution in [0.3, 0.4) is 0 Å². The Morgan fingerprint density at radius 3 is 1.79 bits per heavy atom. The summed E-state index contributed by atoms with van der Waals surface area (Å²) < 4.78 is 93.5. The molecule has 1 aromatic rings. The van der Waals surface area contributed by atoms with E-state index in [0.29, 0.717) is 31.7 Å². The Bertz CT molecular complexity index is 1790. The predicted molar refractivity (Wildman–Crippen MR) is 213 cm³/mol. The van der Waals surface area contributed by atoms with Gasteiger partial charge in [0.2, 0.25) is 11.8 Å². The third-order valence-electron chi connectivity index (χ3n) is 9.53. The van der Waals surface area contributed by atoms with E-state index in [4.69, 9.17) is 33.6 Å². The second kappa shape index (κ2) is 19.6. The van der Waals surface area contributed by atoms with E-state index < -0.39 is 59.6 Å². The summed E-state index contributed by atoms with van der Waals surface area (Å²) in [5.74, 6) is -2.71. The first-order valence-corrected chi connectivity index (χ1v) is 23.2. The Morgan fingerprint density at radius 1 is 0.895 bits per heavy atom. The Hall–Kier alpha value is -2.67. The van der Waals surface area contributed by atoms with E-state index in [9.17, 15) is 34.8 Å². The molecule has 1 atom stereocenters. The first-order valence-electron chi connectivity index (χ1n) is 18.3. The maximum atomic E-state index is 12.1. The van der Waals surface area contributed by atoms with Crippen LogP contribution in [0.2, 0.25) is 0 Å². The van der Waals surface area contributed by atoms with Crippen LogP contribution in [0.4, 0.5) is 5.69 Å². The lowest BCUT2D eigenvalue weighted by Gasteiger charge is -2.53. The van der Waals surface area contributed by atoms with E-state index in [0.717, 1.165) is 18.5 Å². The number of amides is 1. The van der Waals surface area contributed by atoms with Crippen molar-refractivity contribution < 1.29 is 68.5 Å². The average molecular weight is 875 g/mol. The number of piperidine rings is 2. The second-order valence-electron chi connectivity index (χ2n) is 17.0. The minimum absolute atomic E-state index is 0.0988. The van der Waals surface area contributed by atoms with Gasteiger partial charge in [0.25, 0.3) is 10.1 Å². The Kier molecular flexibility index (Phi) is 17.4. The number of aliphatic hydroxyl groups is 1. The summed E-state index contributed by atoms with van der Waals surface area (Å²) in [5.41, 5.74) is 0.274. The number of ether oxygens (including phenoxy) is 2. The van der Waals surface area contributed by atoms with Crippen molar-refractivity contribution in [1.29, 1.82) is 0 Å². The maximum Gasteiger partial charge on any atom is 0.324 e. The van der Waals surface area contributed by atoms with Gasteiger partial charge in [-0.25, -0.2) is 8.42 Å². The zero-order valence-corrected chi connectivity index (χ0v) is 36.7. The number of aliphatic carboxylic acids is 1. The van der Waals surface area contributed by atoms with Crippen LogP contribution >= 0.6 is 0 Å². The molecule has 0 bridgehead atoms. The molecule has 0 aromatic heterocycles. The summed E-state index contributed by atoms with van der Waals surface area (Å²) in [6.45, 7) is 17.2. The third-order valence-corrected chi connectivity index (χ3v) is 12.6. The van der Waals surface area contributed by atoms with E-state index in [1.165, 1.54) is 0 Å². The number of aliphatic hydroxyl groups excluding tert-OH is 1. The van der Waals surface area contributed by atoms with Crippen molar-refractivity contribution in [3.05, 3.63) is 24.3 Å². The van der Waals surface area contributed by atoms with Gasteiger partial charge in [-0.2, -0.15) is 21.9 Å². The van der Waals surface area contributed by atoms with Gasteiger partial charge in [-0.15, -0.1) is 0 Å². The fraction of sp³-hybridized carbons (Fsp3) is 0.771. The SMILES string of the molecule is CC1(C)CC(OCO)CC(C)(C)N1.CON1C(C)(C)CC(NC(=O)CC(C(=O)O)S(=O)(=O)O)CC1(C)C.O=S(=O)(O)COc1ccc(N2CCS(=O)(=O)CC2)cc1. The number of benzene rings is 1. The lowest BCUT2D eigenvalue weighted by Crippen LogP contribution is -2.63. The first kappa shape index (κ1) is 50.5. The highest BCUT2D eigenvalue weighted by Gasteiger charge is 2.47. The summed E-state index contributed by atoms with van der Waals surface area (Å²) in [5, 5.41) is 23.5. The van der Waals surface area contributed by atoms with Crippen molar-refractivity contribution in [1.82, 2.24) is 15.7 Å². The lowest BCUT2D eigenvalue weighted by molar-refractivity contribution is -0.267. The Balaban J connectivity index is 0.000000307. The summed E-state index contributed by atoms with van der Waals surface area (Å²) in [6, 6.07) is 6.31. The topological polar surface area (TPSA) is 276 Å². The van der Waals surface area contributed by atoms with Crippen LogP contribution in [0, 0.1) is 0 Å². The van der Waals surface area contributed by atoms with Crippen molar-refractivity contribution in [3.8, 4) is 5.75 Å². The van der Waals surface area contributed by atoms with Gasteiger partial charge < -0.3 is 40.1 Å². The van der Waals surface area contributed by atoms with Gasteiger partial charge in [-0.1, -0.05) is 0 Å². The molecule has 3 aliphatic heterocycles. The van der Waals surface area contributed by atoms with Crippen LogP contribution in [0.25, 0.3) is 0 Å². The number of hydrogen-bond acceptors (Lipinski definition) is 15. The molecule has 3 aliphatic rings. The smallest absolute Gasteiger partial charge is 0.324 e. The second-order valence-corrected chi connectivity index (χ2v) is 22.3. The summed E-state index contributed by atoms with van der Waals surface area (Å²) in [7, 11) is -10.4. The summed E-state index contributed by atoms with van der Waals surface area (Å²) in [6.07, 6.45) is 2.34. The number of carbonyl (C=O) groups excluding carboxylic acids is 1. The highest BCUT2D eigenvalue weighted by Crippen LogP contribution is 2.38. The number of carboxylic acid groups (broad SMARTS) is 1. The molecule has 19 nitrogen and oxygen atoms in total. The quantitative estimate of drug-likeness (QED) is 0.129. The van der Waals surface area contributed by atoms with Crippen molar-refractivity contribution in [2.24, 2.45) is 0 Å². The van der Waals surface area contributed by atoms with Crippen LogP contribution in [0.15, 0.2) is 24.3 Å². The molecular weight excluding hydrogens is 813 g/mol. The standard InChI is InChI=1S/C14H26N2O7S.C11H15NO6S2.C10H21NO2/c1-13(2)7-9(8-14(3,4)16(13)23-5)15-11(17)6-10(12(18)19)24(20,21)22;13-19(14)7-5-12(6-8-19)10-1-3-11(4-2-10)18-9-20(15,16)17;1-9(2)5-8(13-7-12)6-10(3,4)11-9/h9-10H,6-8H2,1-5H3,(H,15,17)(H,18,19)(H,20,21,22);1-4H,5-9H2,(H,15,16,17);8,11-12H,5-7H2,1-4H3. The van der Waals surface area contributed by atoms with Gasteiger partial charge in [0.1, 0.15) is 12.5 Å². The number of nitrogens with zero attached hydrogens (tertiary/aromatic N) is 2. The Labute approximate surface area is 337 Å². The molecule has 4 rings (SSSR count). The Morgan fingerprint density at radius 2 is 1.39 bits per heavy atom. The van der Waals surface area contributed by atoms with Gasteiger partial charge in [0.15, 0.2) is 15.1 Å². The summed E-state index contributed by atoms with van der Waals surface area (Å²) in [4.78, 5) is 30.4. The van der Waals surface area contributed by atoms with Crippen molar-refractivity contribution >= 4 is 47.6 Å². The molecule has 1 unspecified atom stereocenters. The van der Waals surface area contributed by atoms with Crippen molar-refractivity contribution in [3.63, 3.8) is 0 Å². The normalized spacial score (nSPS) is 22.4. The average Bonchev–Trinajstić information content (AvgIpc) is 3.00. The molecule has 6 N–H and O–H groups in total. The number of carboxylic acids is 1. The number of carbonyl (C=O) groups is 2. The number of sulfone groups is 1. The van der Waals surface area contributed by atoms with E-state index in [2.05, 4.69) is 38.3 Å². The molecule has 57 heavy (non-hydrogen) atoms. The van der Waals surface area contributed by atoms with Crippen LogP contribution in [0.5, 0.6) is 5.75 Å². The molecule has 1 aromatic carbocycles. The molecule has 22 heteroatoms. The first-order chi connectivity index (χ1) is 25.8. The van der Waals surface area contributed by atoms with E-state index in [1.54, 1.807) is 31.4 Å². The number of nitrogens with one attached hydrogen (secondary N) is 2. The van der Waals surface area contributed by atoms with Gasteiger partial charge >= 0.3 is 16.1 Å². The number of hydroxylamine groups is 2. The molecule has 3 heterocycles. The van der Waals surface area contributed by atoms with Crippen LogP contribution in [0.1, 0.15) is 87.5 Å².